The minimum Gasteiger partial charge on any atom is -0.336 e. The Hall–Kier alpha value is -3.59. The van der Waals surface area contributed by atoms with Crippen molar-refractivity contribution in [1.82, 2.24) is 29.7 Å². The highest BCUT2D eigenvalue weighted by molar-refractivity contribution is 5.97. The molecule has 4 aromatic rings. The maximum atomic E-state index is 13.5. The van der Waals surface area contributed by atoms with E-state index in [9.17, 15) is 14.0 Å². The minimum atomic E-state index is -0.440. The summed E-state index contributed by atoms with van der Waals surface area (Å²) >= 11 is 0. The van der Waals surface area contributed by atoms with E-state index in [0.29, 0.717) is 40.7 Å². The number of aromatic nitrogens is 4. The first kappa shape index (κ1) is 18.4. The van der Waals surface area contributed by atoms with Crippen LogP contribution in [0.3, 0.4) is 0 Å². The molecule has 2 aromatic heterocycles. The summed E-state index contributed by atoms with van der Waals surface area (Å²) in [5, 5.41) is 0. The number of imidazole rings is 1. The normalized spacial score (nSPS) is 15.2. The van der Waals surface area contributed by atoms with Gasteiger partial charge in [0.15, 0.2) is 11.5 Å². The third-order valence-corrected chi connectivity index (χ3v) is 5.40. The average Bonchev–Trinajstić information content (AvgIpc) is 3.16. The second-order valence-electron chi connectivity index (χ2n) is 7.49. The third-order valence-electron chi connectivity index (χ3n) is 5.40. The van der Waals surface area contributed by atoms with Gasteiger partial charge in [-0.3, -0.25) is 9.59 Å². The number of aromatic amines is 2. The van der Waals surface area contributed by atoms with Gasteiger partial charge in [-0.25, -0.2) is 14.4 Å². The Bertz CT molecular complexity index is 1340. The number of nitrogens with zero attached hydrogens (tertiary/aromatic N) is 4. The average molecular weight is 406 g/mol. The SMILES string of the molecule is CN1CCN(C(=O)c2ccc3nc(-c4nc5cc(F)ccc5[nH]c4=O)[nH]c3c2)CC1. The zero-order chi connectivity index (χ0) is 20.8. The van der Waals surface area contributed by atoms with Crippen LogP contribution in [-0.2, 0) is 0 Å². The molecular weight excluding hydrogens is 387 g/mol. The fourth-order valence-electron chi connectivity index (χ4n) is 3.66. The number of H-pyrrole nitrogens is 2. The molecule has 2 N–H and O–H groups in total. The molecule has 0 unspecified atom stereocenters. The molecule has 30 heavy (non-hydrogen) atoms. The lowest BCUT2D eigenvalue weighted by atomic mass is 10.1. The lowest BCUT2D eigenvalue weighted by molar-refractivity contribution is 0.0664. The summed E-state index contributed by atoms with van der Waals surface area (Å²) in [6.45, 7) is 3.07. The molecule has 152 valence electrons. The second-order valence-corrected chi connectivity index (χ2v) is 7.49. The molecule has 3 heterocycles. The number of hydrogen-bond acceptors (Lipinski definition) is 5. The Labute approximate surface area is 170 Å². The summed E-state index contributed by atoms with van der Waals surface area (Å²) in [5.74, 6) is -0.204. The van der Waals surface area contributed by atoms with Gasteiger partial charge >= 0.3 is 0 Å². The molecule has 8 nitrogen and oxygen atoms in total. The predicted octanol–water partition coefficient (Wildman–Crippen LogP) is 1.99. The minimum absolute atomic E-state index is 0.0293. The van der Waals surface area contributed by atoms with Gasteiger partial charge in [0.1, 0.15) is 5.82 Å². The molecule has 0 spiro atoms. The number of benzene rings is 2. The maximum absolute atomic E-state index is 13.5. The van der Waals surface area contributed by atoms with Gasteiger partial charge in [-0.1, -0.05) is 0 Å². The number of nitrogens with one attached hydrogen (secondary N) is 2. The Morgan fingerprint density at radius 1 is 0.967 bits per heavy atom. The fourth-order valence-corrected chi connectivity index (χ4v) is 3.66. The van der Waals surface area contributed by atoms with Crippen LogP contribution in [0.2, 0.25) is 0 Å². The summed E-state index contributed by atoms with van der Waals surface area (Å²) in [7, 11) is 2.04. The molecule has 0 aliphatic carbocycles. The number of halogens is 1. The zero-order valence-electron chi connectivity index (χ0n) is 16.3. The van der Waals surface area contributed by atoms with Crippen LogP contribution in [0.15, 0.2) is 41.2 Å². The van der Waals surface area contributed by atoms with Crippen LogP contribution in [0, 0.1) is 5.82 Å². The summed E-state index contributed by atoms with van der Waals surface area (Å²) in [6.07, 6.45) is 0. The molecule has 1 aliphatic heterocycles. The van der Waals surface area contributed by atoms with E-state index >= 15 is 0 Å². The van der Waals surface area contributed by atoms with Gasteiger partial charge in [0, 0.05) is 37.8 Å². The van der Waals surface area contributed by atoms with Crippen LogP contribution in [0.5, 0.6) is 0 Å². The highest BCUT2D eigenvalue weighted by Gasteiger charge is 2.21. The summed E-state index contributed by atoms with van der Waals surface area (Å²) in [4.78, 5) is 43.8. The van der Waals surface area contributed by atoms with E-state index in [1.807, 2.05) is 11.9 Å². The highest BCUT2D eigenvalue weighted by Crippen LogP contribution is 2.21. The maximum Gasteiger partial charge on any atom is 0.278 e. The number of carbonyl (C=O) groups excluding carboxylic acids is 1. The molecule has 0 atom stereocenters. The molecule has 1 aliphatic rings. The number of carbonyl (C=O) groups is 1. The first-order valence-corrected chi connectivity index (χ1v) is 9.65. The number of fused-ring (bicyclic) bond motifs is 2. The van der Waals surface area contributed by atoms with E-state index in [1.165, 1.54) is 18.2 Å². The molecule has 0 bridgehead atoms. The van der Waals surface area contributed by atoms with Crippen LogP contribution in [-0.4, -0.2) is 68.9 Å². The van der Waals surface area contributed by atoms with Gasteiger partial charge in [0.25, 0.3) is 11.5 Å². The Kier molecular flexibility index (Phi) is 4.32. The first-order chi connectivity index (χ1) is 14.5. The van der Waals surface area contributed by atoms with E-state index in [1.54, 1.807) is 18.2 Å². The van der Waals surface area contributed by atoms with Crippen molar-refractivity contribution in [3.63, 3.8) is 0 Å². The molecule has 0 radical (unpaired) electrons. The standard InChI is InChI=1S/C21H19FN6O2/c1-27-6-8-28(9-7-27)21(30)12-2-4-14-16(10-12)25-19(24-14)18-20(29)26-15-5-3-13(22)11-17(15)23-18/h2-5,10-11H,6-9H2,1H3,(H,24,25)(H,26,29). The molecule has 0 saturated carbocycles. The zero-order valence-corrected chi connectivity index (χ0v) is 16.3. The van der Waals surface area contributed by atoms with Crippen molar-refractivity contribution in [2.75, 3.05) is 33.2 Å². The lowest BCUT2D eigenvalue weighted by Gasteiger charge is -2.32. The summed E-state index contributed by atoms with van der Waals surface area (Å²) in [6, 6.07) is 9.21. The number of rotatable bonds is 2. The molecule has 5 rings (SSSR count). The van der Waals surface area contributed by atoms with Gasteiger partial charge in [-0.2, -0.15) is 0 Å². The quantitative estimate of drug-likeness (QED) is 0.531. The Balaban J connectivity index is 1.51. The van der Waals surface area contributed by atoms with Crippen LogP contribution in [0.25, 0.3) is 33.6 Å². The van der Waals surface area contributed by atoms with Crippen molar-refractivity contribution in [2.45, 2.75) is 0 Å². The highest BCUT2D eigenvalue weighted by atomic mass is 19.1. The number of amides is 1. The molecular formula is C21H19FN6O2. The second kappa shape index (κ2) is 7.03. The van der Waals surface area contributed by atoms with Crippen molar-refractivity contribution in [3.05, 3.63) is 58.1 Å². The molecule has 9 heteroatoms. The van der Waals surface area contributed by atoms with Crippen molar-refractivity contribution in [2.24, 2.45) is 0 Å². The van der Waals surface area contributed by atoms with Crippen LogP contribution in [0.1, 0.15) is 10.4 Å². The van der Waals surface area contributed by atoms with E-state index in [-0.39, 0.29) is 17.4 Å². The third kappa shape index (κ3) is 3.22. The number of likely N-dealkylation sites (N-methyl/N-ethyl adjacent to an activating group) is 1. The largest absolute Gasteiger partial charge is 0.336 e. The number of hydrogen-bond donors (Lipinski definition) is 2. The Morgan fingerprint density at radius 3 is 2.57 bits per heavy atom. The predicted molar refractivity (Wildman–Crippen MR) is 111 cm³/mol. The number of piperazine rings is 1. The smallest absolute Gasteiger partial charge is 0.278 e. The summed E-state index contributed by atoms with van der Waals surface area (Å²) < 4.78 is 13.5. The van der Waals surface area contributed by atoms with Crippen molar-refractivity contribution in [3.8, 4) is 11.5 Å². The van der Waals surface area contributed by atoms with Crippen molar-refractivity contribution >= 4 is 28.0 Å². The van der Waals surface area contributed by atoms with Crippen LogP contribution >= 0.6 is 0 Å². The van der Waals surface area contributed by atoms with Crippen LogP contribution in [0.4, 0.5) is 4.39 Å². The van der Waals surface area contributed by atoms with Crippen molar-refractivity contribution in [1.29, 1.82) is 0 Å². The van der Waals surface area contributed by atoms with Crippen molar-refractivity contribution < 1.29 is 9.18 Å². The van der Waals surface area contributed by atoms with Gasteiger partial charge in [-0.15, -0.1) is 0 Å². The topological polar surface area (TPSA) is 98.0 Å². The van der Waals surface area contributed by atoms with Gasteiger partial charge in [-0.05, 0) is 37.4 Å². The van der Waals surface area contributed by atoms with Gasteiger partial charge in [0.2, 0.25) is 0 Å². The monoisotopic (exact) mass is 406 g/mol. The molecule has 1 amide bonds. The van der Waals surface area contributed by atoms with E-state index in [0.717, 1.165) is 13.1 Å². The van der Waals surface area contributed by atoms with E-state index < -0.39 is 11.4 Å². The Morgan fingerprint density at radius 2 is 1.77 bits per heavy atom. The molecule has 1 saturated heterocycles. The first-order valence-electron chi connectivity index (χ1n) is 9.65. The van der Waals surface area contributed by atoms with Gasteiger partial charge < -0.3 is 19.8 Å². The van der Waals surface area contributed by atoms with E-state index in [2.05, 4.69) is 24.8 Å². The summed E-state index contributed by atoms with van der Waals surface area (Å²) in [5.41, 5.74) is 2.21. The van der Waals surface area contributed by atoms with E-state index in [4.69, 9.17) is 0 Å². The molecule has 2 aromatic carbocycles. The fraction of sp³-hybridized carbons (Fsp3) is 0.238. The van der Waals surface area contributed by atoms with Gasteiger partial charge in [0.05, 0.1) is 22.1 Å². The lowest BCUT2D eigenvalue weighted by Crippen LogP contribution is -2.47. The van der Waals surface area contributed by atoms with Crippen LogP contribution < -0.4 is 5.56 Å². The molecule has 1 fully saturated rings.